The molecule has 0 bridgehead atoms. The molecule has 1 N–H and O–H groups in total. The molecule has 2 heterocycles. The van der Waals surface area contributed by atoms with Gasteiger partial charge in [0.2, 0.25) is 0 Å². The van der Waals surface area contributed by atoms with Gasteiger partial charge in [-0.3, -0.25) is 14.8 Å². The molecule has 2 aromatic rings. The summed E-state index contributed by atoms with van der Waals surface area (Å²) in [5.41, 5.74) is 0.934. The molecule has 1 unspecified atom stereocenters. The minimum Gasteiger partial charge on any atom is -0.497 e. The number of amides is 1. The zero-order chi connectivity index (χ0) is 16.8. The Morgan fingerprint density at radius 3 is 2.88 bits per heavy atom. The van der Waals surface area contributed by atoms with Crippen LogP contribution in [0.1, 0.15) is 18.4 Å². The number of methoxy groups -OCH3 is 1. The molecule has 0 aliphatic carbocycles. The fourth-order valence-electron chi connectivity index (χ4n) is 2.66. The maximum absolute atomic E-state index is 12.6. The molecule has 0 radical (unpaired) electrons. The van der Waals surface area contributed by atoms with Crippen LogP contribution in [-0.2, 0) is 9.53 Å². The lowest BCUT2D eigenvalue weighted by molar-refractivity contribution is -0.114. The molecular formula is C18H21N3O3. The Hall–Kier alpha value is -2.60. The first-order valence-corrected chi connectivity index (χ1v) is 8.01. The topological polar surface area (TPSA) is 67.4 Å². The molecule has 6 heteroatoms. The van der Waals surface area contributed by atoms with Crippen molar-refractivity contribution in [1.82, 2.24) is 10.2 Å². The summed E-state index contributed by atoms with van der Waals surface area (Å²) in [7, 11) is 1.63. The lowest BCUT2D eigenvalue weighted by atomic mass is 10.2. The molecular weight excluding hydrogens is 306 g/mol. The highest BCUT2D eigenvalue weighted by Crippen LogP contribution is 2.18. The smallest absolute Gasteiger partial charge is 0.252 e. The highest BCUT2D eigenvalue weighted by molar-refractivity contribution is 6.03. The molecule has 1 saturated heterocycles. The van der Waals surface area contributed by atoms with Gasteiger partial charge in [-0.25, -0.2) is 0 Å². The first-order chi connectivity index (χ1) is 11.8. The van der Waals surface area contributed by atoms with Gasteiger partial charge in [-0.2, -0.15) is 5.10 Å². The Kier molecular flexibility index (Phi) is 5.28. The van der Waals surface area contributed by atoms with Crippen molar-refractivity contribution in [1.29, 1.82) is 0 Å². The number of nitrogens with zero attached hydrogens (tertiary/aromatic N) is 2. The van der Waals surface area contributed by atoms with Crippen LogP contribution < -0.4 is 9.64 Å². The molecule has 3 rings (SSSR count). The number of nitrogens with one attached hydrogen (secondary N) is 1. The van der Waals surface area contributed by atoms with Crippen LogP contribution >= 0.6 is 0 Å². The van der Waals surface area contributed by atoms with Crippen molar-refractivity contribution in [2.24, 2.45) is 0 Å². The number of aromatic amines is 1. The number of benzene rings is 1. The third kappa shape index (κ3) is 4.02. The number of hydrogen-bond donors (Lipinski definition) is 1. The zero-order valence-electron chi connectivity index (χ0n) is 13.6. The van der Waals surface area contributed by atoms with Gasteiger partial charge in [-0.1, -0.05) is 12.1 Å². The first-order valence-electron chi connectivity index (χ1n) is 8.01. The van der Waals surface area contributed by atoms with Gasteiger partial charge in [-0.15, -0.1) is 0 Å². The summed E-state index contributed by atoms with van der Waals surface area (Å²) in [6.45, 7) is 1.27. The second-order valence-electron chi connectivity index (χ2n) is 5.62. The molecule has 1 amide bonds. The fourth-order valence-corrected chi connectivity index (χ4v) is 2.66. The predicted molar refractivity (Wildman–Crippen MR) is 91.9 cm³/mol. The van der Waals surface area contributed by atoms with Crippen molar-refractivity contribution >= 4 is 17.8 Å². The number of ether oxygens (including phenoxy) is 2. The van der Waals surface area contributed by atoms with Gasteiger partial charge in [-0.05, 0) is 36.6 Å². The molecule has 1 aliphatic heterocycles. The fraction of sp³-hybridized carbons (Fsp3) is 0.333. The maximum atomic E-state index is 12.6. The summed E-state index contributed by atoms with van der Waals surface area (Å²) in [6, 6.07) is 9.32. The average molecular weight is 327 g/mol. The van der Waals surface area contributed by atoms with Crippen molar-refractivity contribution in [3.05, 3.63) is 48.2 Å². The highest BCUT2D eigenvalue weighted by Gasteiger charge is 2.23. The van der Waals surface area contributed by atoms with Crippen LogP contribution in [0.25, 0.3) is 6.08 Å². The quantitative estimate of drug-likeness (QED) is 0.828. The number of carbonyl (C=O) groups excluding carboxylic acids is 1. The van der Waals surface area contributed by atoms with Gasteiger partial charge in [0.25, 0.3) is 5.91 Å². The summed E-state index contributed by atoms with van der Waals surface area (Å²) in [4.78, 5) is 14.3. The molecule has 126 valence electrons. The van der Waals surface area contributed by atoms with E-state index in [4.69, 9.17) is 9.47 Å². The Balaban J connectivity index is 1.71. The van der Waals surface area contributed by atoms with Crippen molar-refractivity contribution < 1.29 is 14.3 Å². The van der Waals surface area contributed by atoms with Crippen molar-refractivity contribution in [3.63, 3.8) is 0 Å². The second-order valence-corrected chi connectivity index (χ2v) is 5.62. The number of rotatable bonds is 6. The largest absolute Gasteiger partial charge is 0.497 e. The molecule has 0 saturated carbocycles. The highest BCUT2D eigenvalue weighted by atomic mass is 16.5. The van der Waals surface area contributed by atoms with Crippen molar-refractivity contribution in [3.8, 4) is 5.75 Å². The summed E-state index contributed by atoms with van der Waals surface area (Å²) in [5.74, 6) is 1.28. The second kappa shape index (κ2) is 7.79. The average Bonchev–Trinajstić information content (AvgIpc) is 3.31. The monoisotopic (exact) mass is 327 g/mol. The van der Waals surface area contributed by atoms with E-state index in [0.717, 1.165) is 30.8 Å². The van der Waals surface area contributed by atoms with Crippen LogP contribution in [0.15, 0.2) is 42.6 Å². The minimum absolute atomic E-state index is 0.0695. The van der Waals surface area contributed by atoms with Crippen molar-refractivity contribution in [2.75, 3.05) is 25.2 Å². The molecule has 0 spiro atoms. The van der Waals surface area contributed by atoms with E-state index in [-0.39, 0.29) is 12.0 Å². The Morgan fingerprint density at radius 2 is 2.25 bits per heavy atom. The van der Waals surface area contributed by atoms with E-state index in [0.29, 0.717) is 12.4 Å². The SMILES string of the molecule is COc1ccc(C=CC(=O)N(CC2CCCO2)c2cc[nH]n2)cc1. The van der Waals surface area contributed by atoms with Crippen LogP contribution in [0.3, 0.4) is 0 Å². The molecule has 6 nitrogen and oxygen atoms in total. The molecule has 1 fully saturated rings. The van der Waals surface area contributed by atoms with Gasteiger partial charge in [0, 0.05) is 24.9 Å². The molecule has 1 aliphatic rings. The van der Waals surface area contributed by atoms with Gasteiger partial charge >= 0.3 is 0 Å². The number of hydrogen-bond acceptors (Lipinski definition) is 4. The summed E-state index contributed by atoms with van der Waals surface area (Å²) in [5, 5.41) is 6.89. The van der Waals surface area contributed by atoms with E-state index < -0.39 is 0 Å². The van der Waals surface area contributed by atoms with Crippen LogP contribution in [0.2, 0.25) is 0 Å². The molecule has 1 aromatic carbocycles. The number of anilines is 1. The van der Waals surface area contributed by atoms with Gasteiger partial charge in [0.1, 0.15) is 5.75 Å². The third-order valence-electron chi connectivity index (χ3n) is 3.97. The standard InChI is InChI=1S/C18H21N3O3/c1-23-15-7-4-14(5-8-15)6-9-18(22)21(17-10-11-19-20-17)13-16-3-2-12-24-16/h4-11,16H,2-3,12-13H2,1H3,(H,19,20). The molecule has 1 atom stereocenters. The number of carbonyl (C=O) groups is 1. The van der Waals surface area contributed by atoms with Crippen LogP contribution in [0.5, 0.6) is 5.75 Å². The Labute approximate surface area is 141 Å². The van der Waals surface area contributed by atoms with E-state index in [2.05, 4.69) is 10.2 Å². The number of H-pyrrole nitrogens is 1. The maximum Gasteiger partial charge on any atom is 0.252 e. The van der Waals surface area contributed by atoms with E-state index in [9.17, 15) is 4.79 Å². The van der Waals surface area contributed by atoms with Gasteiger partial charge in [0.15, 0.2) is 5.82 Å². The summed E-state index contributed by atoms with van der Waals surface area (Å²) in [6.07, 6.45) is 7.13. The van der Waals surface area contributed by atoms with E-state index in [1.54, 1.807) is 36.4 Å². The van der Waals surface area contributed by atoms with E-state index >= 15 is 0 Å². The first kappa shape index (κ1) is 16.3. The lowest BCUT2D eigenvalue weighted by Crippen LogP contribution is -2.36. The normalized spacial score (nSPS) is 17.3. The van der Waals surface area contributed by atoms with E-state index in [1.807, 2.05) is 24.3 Å². The molecule has 1 aromatic heterocycles. The third-order valence-corrected chi connectivity index (χ3v) is 3.97. The molecule has 24 heavy (non-hydrogen) atoms. The van der Waals surface area contributed by atoms with Gasteiger partial charge in [0.05, 0.1) is 19.8 Å². The number of aromatic nitrogens is 2. The zero-order valence-corrected chi connectivity index (χ0v) is 13.6. The van der Waals surface area contributed by atoms with Crippen LogP contribution in [-0.4, -0.2) is 42.5 Å². The van der Waals surface area contributed by atoms with Gasteiger partial charge < -0.3 is 9.47 Å². The lowest BCUT2D eigenvalue weighted by Gasteiger charge is -2.22. The summed E-state index contributed by atoms with van der Waals surface area (Å²) < 4.78 is 10.8. The predicted octanol–water partition coefficient (Wildman–Crippen LogP) is 2.64. The minimum atomic E-state index is -0.117. The van der Waals surface area contributed by atoms with E-state index in [1.165, 1.54) is 0 Å². The Bertz CT molecular complexity index is 674. The Morgan fingerprint density at radius 1 is 1.42 bits per heavy atom. The van der Waals surface area contributed by atoms with Crippen LogP contribution in [0, 0.1) is 0 Å². The van der Waals surface area contributed by atoms with Crippen LogP contribution in [0.4, 0.5) is 5.82 Å². The summed E-state index contributed by atoms with van der Waals surface area (Å²) >= 11 is 0. The van der Waals surface area contributed by atoms with Crippen molar-refractivity contribution in [2.45, 2.75) is 18.9 Å².